The van der Waals surface area contributed by atoms with Crippen LogP contribution in [0, 0.1) is 30.1 Å². The van der Waals surface area contributed by atoms with Gasteiger partial charge in [-0.25, -0.2) is 0 Å². The Kier molecular flexibility index (Phi) is 4.51. The van der Waals surface area contributed by atoms with Gasteiger partial charge in [-0.2, -0.15) is 0 Å². The van der Waals surface area contributed by atoms with Gasteiger partial charge >= 0.3 is 0 Å². The van der Waals surface area contributed by atoms with Gasteiger partial charge in [0.15, 0.2) is 4.34 Å². The summed E-state index contributed by atoms with van der Waals surface area (Å²) in [6, 6.07) is 8.53. The van der Waals surface area contributed by atoms with Crippen molar-refractivity contribution in [2.75, 3.05) is 5.32 Å². The molecule has 142 valence electrons. The first kappa shape index (κ1) is 17.7. The number of carbonyl (C=O) groups excluding carboxylic acids is 1. The van der Waals surface area contributed by atoms with Gasteiger partial charge in [-0.15, -0.1) is 10.2 Å². The number of aromatic nitrogens is 2. The molecule has 1 aromatic heterocycles. The molecule has 0 radical (unpaired) electrons. The molecule has 1 aromatic carbocycles. The number of nitrogens with one attached hydrogen (secondary N) is 1. The van der Waals surface area contributed by atoms with Gasteiger partial charge in [0.1, 0.15) is 0 Å². The number of anilines is 1. The Morgan fingerprint density at radius 1 is 1.19 bits per heavy atom. The van der Waals surface area contributed by atoms with Gasteiger partial charge in [-0.1, -0.05) is 52.9 Å². The van der Waals surface area contributed by atoms with E-state index in [1.165, 1.54) is 41.7 Å². The molecular weight excluding hydrogens is 374 g/mol. The fourth-order valence-corrected chi connectivity index (χ4v) is 7.57. The zero-order valence-electron chi connectivity index (χ0n) is 15.6. The average molecular weight is 400 g/mol. The number of carbonyl (C=O) groups is 1. The van der Waals surface area contributed by atoms with Crippen LogP contribution >= 0.6 is 23.1 Å². The maximum Gasteiger partial charge on any atom is 0.232 e. The lowest BCUT2D eigenvalue weighted by molar-refractivity contribution is -0.140. The van der Waals surface area contributed by atoms with Crippen LogP contribution in [-0.2, 0) is 10.5 Å². The standard InChI is InChI=1S/C21H25N3OS2/c1-13-3-2-4-14(5-13)12-26-20-24-23-19(27-20)22-18(25)21-9-15-6-16(10-21)8-17(7-15)11-21/h2-5,15-17H,6-12H2,1H3,(H,22,23,25). The minimum Gasteiger partial charge on any atom is -0.300 e. The van der Waals surface area contributed by atoms with Crippen molar-refractivity contribution >= 4 is 34.1 Å². The van der Waals surface area contributed by atoms with Crippen LogP contribution in [0.3, 0.4) is 0 Å². The summed E-state index contributed by atoms with van der Waals surface area (Å²) in [6.45, 7) is 2.11. The van der Waals surface area contributed by atoms with Gasteiger partial charge in [0.05, 0.1) is 5.41 Å². The van der Waals surface area contributed by atoms with E-state index in [2.05, 4.69) is 46.7 Å². The average Bonchev–Trinajstić information content (AvgIpc) is 3.06. The molecule has 0 saturated heterocycles. The van der Waals surface area contributed by atoms with Crippen molar-refractivity contribution in [3.8, 4) is 0 Å². The van der Waals surface area contributed by atoms with E-state index in [-0.39, 0.29) is 11.3 Å². The van der Waals surface area contributed by atoms with Gasteiger partial charge in [0.2, 0.25) is 11.0 Å². The van der Waals surface area contributed by atoms with Crippen molar-refractivity contribution in [3.05, 3.63) is 35.4 Å². The summed E-state index contributed by atoms with van der Waals surface area (Å²) in [5, 5.41) is 12.3. The lowest BCUT2D eigenvalue weighted by Gasteiger charge is -2.55. The molecule has 4 fully saturated rings. The molecule has 0 unspecified atom stereocenters. The molecule has 6 heteroatoms. The number of thioether (sulfide) groups is 1. The second-order valence-corrected chi connectivity index (χ2v) is 11.0. The van der Waals surface area contributed by atoms with E-state index >= 15 is 0 Å². The van der Waals surface area contributed by atoms with E-state index in [0.717, 1.165) is 47.1 Å². The van der Waals surface area contributed by atoms with Crippen molar-refractivity contribution in [1.82, 2.24) is 10.2 Å². The number of hydrogen-bond donors (Lipinski definition) is 1. The van der Waals surface area contributed by atoms with E-state index in [1.807, 2.05) is 0 Å². The number of nitrogens with zero attached hydrogens (tertiary/aromatic N) is 2. The molecule has 4 saturated carbocycles. The summed E-state index contributed by atoms with van der Waals surface area (Å²) in [5.74, 6) is 3.40. The summed E-state index contributed by atoms with van der Waals surface area (Å²) in [6.07, 6.45) is 7.30. The normalized spacial score (nSPS) is 31.2. The van der Waals surface area contributed by atoms with E-state index in [0.29, 0.717) is 5.13 Å². The van der Waals surface area contributed by atoms with Crippen molar-refractivity contribution in [2.24, 2.45) is 23.2 Å². The summed E-state index contributed by atoms with van der Waals surface area (Å²) >= 11 is 3.18. The largest absolute Gasteiger partial charge is 0.300 e. The minimum atomic E-state index is -0.130. The van der Waals surface area contributed by atoms with Crippen LogP contribution < -0.4 is 5.32 Å². The molecule has 1 heterocycles. The highest BCUT2D eigenvalue weighted by atomic mass is 32.2. The van der Waals surface area contributed by atoms with E-state index in [1.54, 1.807) is 11.8 Å². The molecule has 1 N–H and O–H groups in total. The molecule has 4 nitrogen and oxygen atoms in total. The molecular formula is C21H25N3OS2. The Balaban J connectivity index is 1.22. The van der Waals surface area contributed by atoms with E-state index in [4.69, 9.17) is 0 Å². The molecule has 0 atom stereocenters. The van der Waals surface area contributed by atoms with Crippen LogP contribution in [0.2, 0.25) is 0 Å². The van der Waals surface area contributed by atoms with Crippen molar-refractivity contribution in [2.45, 2.75) is 55.5 Å². The van der Waals surface area contributed by atoms with Crippen LogP contribution in [0.25, 0.3) is 0 Å². The van der Waals surface area contributed by atoms with Crippen LogP contribution in [-0.4, -0.2) is 16.1 Å². The van der Waals surface area contributed by atoms with Crippen molar-refractivity contribution < 1.29 is 4.79 Å². The molecule has 4 bridgehead atoms. The Bertz CT molecular complexity index is 827. The molecule has 2 aromatic rings. The molecule has 0 spiro atoms. The number of amides is 1. The third-order valence-electron chi connectivity index (χ3n) is 6.59. The van der Waals surface area contributed by atoms with Gasteiger partial charge in [-0.05, 0) is 68.8 Å². The molecule has 1 amide bonds. The summed E-state index contributed by atoms with van der Waals surface area (Å²) < 4.78 is 0.914. The summed E-state index contributed by atoms with van der Waals surface area (Å²) in [5.41, 5.74) is 2.43. The predicted octanol–water partition coefficient (Wildman–Crippen LogP) is 5.29. The topological polar surface area (TPSA) is 54.9 Å². The fraction of sp³-hybridized carbons (Fsp3) is 0.571. The highest BCUT2D eigenvalue weighted by Gasteiger charge is 2.54. The van der Waals surface area contributed by atoms with Gasteiger partial charge in [-0.3, -0.25) is 4.79 Å². The molecule has 27 heavy (non-hydrogen) atoms. The highest BCUT2D eigenvalue weighted by Crippen LogP contribution is 2.60. The van der Waals surface area contributed by atoms with Crippen molar-refractivity contribution in [3.63, 3.8) is 0 Å². The third-order valence-corrected chi connectivity index (χ3v) is 8.63. The second-order valence-electron chi connectivity index (χ2n) is 8.80. The second kappa shape index (κ2) is 6.89. The lowest BCUT2D eigenvalue weighted by atomic mass is 9.49. The van der Waals surface area contributed by atoms with Gasteiger partial charge < -0.3 is 5.32 Å². The predicted molar refractivity (Wildman–Crippen MR) is 110 cm³/mol. The van der Waals surface area contributed by atoms with E-state index in [9.17, 15) is 4.79 Å². The number of rotatable bonds is 5. The van der Waals surface area contributed by atoms with Gasteiger partial charge in [0, 0.05) is 5.75 Å². The summed E-state index contributed by atoms with van der Waals surface area (Å²) in [7, 11) is 0. The lowest BCUT2D eigenvalue weighted by Crippen LogP contribution is -2.51. The van der Waals surface area contributed by atoms with Crippen LogP contribution in [0.5, 0.6) is 0 Å². The van der Waals surface area contributed by atoms with Crippen LogP contribution in [0.15, 0.2) is 28.6 Å². The first-order chi connectivity index (χ1) is 13.1. The monoisotopic (exact) mass is 399 g/mol. The Morgan fingerprint density at radius 3 is 2.56 bits per heavy atom. The zero-order chi connectivity index (χ0) is 18.4. The summed E-state index contributed by atoms with van der Waals surface area (Å²) in [4.78, 5) is 13.1. The molecule has 0 aliphatic heterocycles. The minimum absolute atomic E-state index is 0.130. The maximum absolute atomic E-state index is 13.1. The fourth-order valence-electron chi connectivity index (χ4n) is 5.88. The number of benzene rings is 1. The molecule has 4 aliphatic rings. The first-order valence-electron chi connectivity index (χ1n) is 9.91. The number of aryl methyl sites for hydroxylation is 1. The quantitative estimate of drug-likeness (QED) is 0.548. The highest BCUT2D eigenvalue weighted by molar-refractivity contribution is 8.00. The smallest absolute Gasteiger partial charge is 0.232 e. The zero-order valence-corrected chi connectivity index (χ0v) is 17.2. The molecule has 6 rings (SSSR count). The van der Waals surface area contributed by atoms with Gasteiger partial charge in [0.25, 0.3) is 0 Å². The number of hydrogen-bond acceptors (Lipinski definition) is 5. The van der Waals surface area contributed by atoms with Crippen molar-refractivity contribution in [1.29, 1.82) is 0 Å². The molecule has 4 aliphatic carbocycles. The van der Waals surface area contributed by atoms with E-state index < -0.39 is 0 Å². The Hall–Kier alpha value is -1.40. The maximum atomic E-state index is 13.1. The van der Waals surface area contributed by atoms with Crippen LogP contribution in [0.4, 0.5) is 5.13 Å². The first-order valence-corrected chi connectivity index (χ1v) is 11.7. The Labute approximate surface area is 168 Å². The Morgan fingerprint density at radius 2 is 1.89 bits per heavy atom. The SMILES string of the molecule is Cc1cccc(CSc2nnc(NC(=O)C34CC5CC(CC(C5)C3)C4)s2)c1. The third kappa shape index (κ3) is 3.54. The van der Waals surface area contributed by atoms with Crippen LogP contribution in [0.1, 0.15) is 49.7 Å².